The van der Waals surface area contributed by atoms with Crippen LogP contribution in [0.15, 0.2) is 10.5 Å². The van der Waals surface area contributed by atoms with Crippen molar-refractivity contribution in [2.24, 2.45) is 0 Å². The Morgan fingerprint density at radius 2 is 2.17 bits per heavy atom. The van der Waals surface area contributed by atoms with Gasteiger partial charge in [0.2, 0.25) is 0 Å². The van der Waals surface area contributed by atoms with E-state index in [1.165, 1.54) is 7.11 Å². The maximum atomic E-state index is 9.60. The first kappa shape index (κ1) is 10.1. The van der Waals surface area contributed by atoms with Crippen molar-refractivity contribution in [2.45, 2.75) is 6.92 Å². The Balaban J connectivity index is 3.40. The maximum Gasteiger partial charge on any atom is 0.175 e. The molecule has 0 unspecified atom stereocenters. The van der Waals surface area contributed by atoms with Crippen molar-refractivity contribution in [3.63, 3.8) is 0 Å². The Hall–Kier alpha value is 0.0300. The molecule has 2 nitrogen and oxygen atoms in total. The molecule has 0 saturated heterocycles. The number of ether oxygens (including phenoxy) is 1. The van der Waals surface area contributed by atoms with Crippen LogP contribution < -0.4 is 4.74 Å². The molecule has 66 valence electrons. The highest BCUT2D eigenvalue weighted by Gasteiger charge is 2.12. The van der Waals surface area contributed by atoms with Crippen molar-refractivity contribution in [3.05, 3.63) is 19.7 Å². The van der Waals surface area contributed by atoms with E-state index in [2.05, 4.69) is 38.5 Å². The van der Waals surface area contributed by atoms with Crippen LogP contribution in [0.3, 0.4) is 0 Å². The van der Waals surface area contributed by atoms with E-state index >= 15 is 0 Å². The number of phenolic OH excluding ortho intramolecular Hbond substituents is 1. The predicted octanol–water partition coefficient (Wildman–Crippen LogP) is 3.08. The summed E-state index contributed by atoms with van der Waals surface area (Å²) in [5.74, 6) is 0.690. The second kappa shape index (κ2) is 3.83. The average molecular weight is 343 g/mol. The minimum atomic E-state index is 0.199. The Kier molecular flexibility index (Phi) is 3.22. The molecule has 0 radical (unpaired) electrons. The van der Waals surface area contributed by atoms with E-state index in [4.69, 9.17) is 4.74 Å². The van der Waals surface area contributed by atoms with Crippen LogP contribution in [0.4, 0.5) is 0 Å². The molecule has 0 heterocycles. The van der Waals surface area contributed by atoms with Crippen LogP contribution in [-0.4, -0.2) is 12.2 Å². The number of aryl methyl sites for hydroxylation is 1. The molecular formula is C8H8BrIO2. The second-order valence-electron chi connectivity index (χ2n) is 2.37. The molecule has 0 aliphatic rings. The zero-order valence-corrected chi connectivity index (χ0v) is 10.4. The summed E-state index contributed by atoms with van der Waals surface area (Å²) in [5.41, 5.74) is 1.03. The first-order chi connectivity index (χ1) is 5.57. The van der Waals surface area contributed by atoms with Crippen LogP contribution in [0.2, 0.25) is 0 Å². The summed E-state index contributed by atoms with van der Waals surface area (Å²) in [4.78, 5) is 0. The molecule has 0 aliphatic heterocycles. The number of methoxy groups -OCH3 is 1. The second-order valence-corrected chi connectivity index (χ2v) is 4.30. The van der Waals surface area contributed by atoms with Gasteiger partial charge in [-0.2, -0.15) is 0 Å². The molecule has 0 spiro atoms. The Morgan fingerprint density at radius 3 is 2.67 bits per heavy atom. The molecule has 12 heavy (non-hydrogen) atoms. The smallest absolute Gasteiger partial charge is 0.175 e. The van der Waals surface area contributed by atoms with Crippen molar-refractivity contribution in [3.8, 4) is 11.5 Å². The third-order valence-electron chi connectivity index (χ3n) is 1.53. The average Bonchev–Trinajstić information content (AvgIpc) is 2.01. The third kappa shape index (κ3) is 1.69. The highest BCUT2D eigenvalue weighted by molar-refractivity contribution is 14.1. The Labute approximate surface area is 93.2 Å². The van der Waals surface area contributed by atoms with Gasteiger partial charge in [-0.15, -0.1) is 0 Å². The number of hydrogen-bond acceptors (Lipinski definition) is 2. The largest absolute Gasteiger partial charge is 0.503 e. The zero-order chi connectivity index (χ0) is 9.30. The maximum absolute atomic E-state index is 9.60. The predicted molar refractivity (Wildman–Crippen MR) is 59.8 cm³/mol. The minimum Gasteiger partial charge on any atom is -0.503 e. The molecule has 0 fully saturated rings. The normalized spacial score (nSPS) is 10.0. The van der Waals surface area contributed by atoms with Crippen molar-refractivity contribution < 1.29 is 9.84 Å². The number of benzene rings is 1. The summed E-state index contributed by atoms with van der Waals surface area (Å²) >= 11 is 5.39. The summed E-state index contributed by atoms with van der Waals surface area (Å²) in [5, 5.41) is 9.60. The molecular weight excluding hydrogens is 335 g/mol. The highest BCUT2D eigenvalue weighted by Crippen LogP contribution is 2.39. The van der Waals surface area contributed by atoms with Crippen LogP contribution in [0, 0.1) is 10.5 Å². The van der Waals surface area contributed by atoms with E-state index in [0.29, 0.717) is 5.75 Å². The minimum absolute atomic E-state index is 0.199. The Bertz CT molecular complexity index is 312. The molecule has 4 heteroatoms. The van der Waals surface area contributed by atoms with Gasteiger partial charge >= 0.3 is 0 Å². The van der Waals surface area contributed by atoms with Gasteiger partial charge in [-0.05, 0) is 57.1 Å². The van der Waals surface area contributed by atoms with E-state index in [-0.39, 0.29) is 5.75 Å². The summed E-state index contributed by atoms with van der Waals surface area (Å²) in [6, 6.07) is 1.92. The first-order valence-corrected chi connectivity index (χ1v) is 5.16. The lowest BCUT2D eigenvalue weighted by molar-refractivity contribution is 0.369. The van der Waals surface area contributed by atoms with E-state index in [0.717, 1.165) is 13.6 Å². The van der Waals surface area contributed by atoms with Crippen LogP contribution in [0.1, 0.15) is 5.56 Å². The van der Waals surface area contributed by atoms with Gasteiger partial charge in [0.25, 0.3) is 0 Å². The molecule has 0 saturated carbocycles. The lowest BCUT2D eigenvalue weighted by atomic mass is 10.2. The summed E-state index contributed by atoms with van der Waals surface area (Å²) < 4.78 is 6.61. The molecule has 0 bridgehead atoms. The molecule has 0 atom stereocenters. The van der Waals surface area contributed by atoms with Gasteiger partial charge in [0.15, 0.2) is 11.5 Å². The molecule has 1 N–H and O–H groups in total. The lowest BCUT2D eigenvalue weighted by Gasteiger charge is -2.09. The quantitative estimate of drug-likeness (QED) is 0.795. The highest BCUT2D eigenvalue weighted by atomic mass is 127. The van der Waals surface area contributed by atoms with E-state index < -0.39 is 0 Å². The summed E-state index contributed by atoms with van der Waals surface area (Å²) in [6.45, 7) is 1.94. The van der Waals surface area contributed by atoms with Gasteiger partial charge in [0.05, 0.1) is 15.2 Å². The number of hydrogen-bond donors (Lipinski definition) is 1. The zero-order valence-electron chi connectivity index (χ0n) is 6.69. The number of rotatable bonds is 1. The molecule has 0 aliphatic carbocycles. The standard InChI is InChI=1S/C8H8BrIO2/c1-4-3-5(9)8(12-2)7(11)6(4)10/h3,11H,1-2H3. The van der Waals surface area contributed by atoms with Gasteiger partial charge < -0.3 is 9.84 Å². The monoisotopic (exact) mass is 342 g/mol. The van der Waals surface area contributed by atoms with Crippen molar-refractivity contribution in [2.75, 3.05) is 7.11 Å². The lowest BCUT2D eigenvalue weighted by Crippen LogP contribution is -1.89. The fourth-order valence-corrected chi connectivity index (χ4v) is 2.01. The van der Waals surface area contributed by atoms with Crippen LogP contribution in [0.5, 0.6) is 11.5 Å². The van der Waals surface area contributed by atoms with Gasteiger partial charge in [0.1, 0.15) is 0 Å². The van der Waals surface area contributed by atoms with Crippen LogP contribution in [-0.2, 0) is 0 Å². The van der Waals surface area contributed by atoms with Crippen molar-refractivity contribution in [1.29, 1.82) is 0 Å². The van der Waals surface area contributed by atoms with Crippen LogP contribution >= 0.6 is 38.5 Å². The summed E-state index contributed by atoms with van der Waals surface area (Å²) in [7, 11) is 1.53. The van der Waals surface area contributed by atoms with E-state index in [9.17, 15) is 5.11 Å². The fraction of sp³-hybridized carbons (Fsp3) is 0.250. The number of halogens is 2. The molecule has 0 amide bonds. The number of phenols is 1. The fourth-order valence-electron chi connectivity index (χ4n) is 0.913. The van der Waals surface area contributed by atoms with Gasteiger partial charge in [-0.1, -0.05) is 0 Å². The molecule has 0 aromatic heterocycles. The van der Waals surface area contributed by atoms with E-state index in [1.807, 2.05) is 13.0 Å². The Morgan fingerprint density at radius 1 is 1.58 bits per heavy atom. The summed E-state index contributed by atoms with van der Waals surface area (Å²) in [6.07, 6.45) is 0. The van der Waals surface area contributed by atoms with Gasteiger partial charge in [-0.3, -0.25) is 0 Å². The molecule has 1 rings (SSSR count). The van der Waals surface area contributed by atoms with E-state index in [1.54, 1.807) is 0 Å². The van der Waals surface area contributed by atoms with Crippen molar-refractivity contribution in [1.82, 2.24) is 0 Å². The van der Waals surface area contributed by atoms with Gasteiger partial charge in [-0.25, -0.2) is 0 Å². The molecule has 1 aromatic rings. The van der Waals surface area contributed by atoms with Crippen molar-refractivity contribution >= 4 is 38.5 Å². The topological polar surface area (TPSA) is 29.5 Å². The molecule has 1 aromatic carbocycles. The number of aromatic hydroxyl groups is 1. The SMILES string of the molecule is COc1c(Br)cc(C)c(I)c1O. The third-order valence-corrected chi connectivity index (χ3v) is 3.48. The first-order valence-electron chi connectivity index (χ1n) is 3.29. The van der Waals surface area contributed by atoms with Crippen LogP contribution in [0.25, 0.3) is 0 Å². The van der Waals surface area contributed by atoms with Gasteiger partial charge in [0, 0.05) is 0 Å².